The molecule has 5 heteroatoms. The average Bonchev–Trinajstić information content (AvgIpc) is 2.18. The number of methoxy groups -OCH3 is 1. The van der Waals surface area contributed by atoms with Gasteiger partial charge in [0, 0.05) is 0 Å². The van der Waals surface area contributed by atoms with Crippen LogP contribution < -0.4 is 4.74 Å². The predicted molar refractivity (Wildman–Crippen MR) is 59.0 cm³/mol. The van der Waals surface area contributed by atoms with Gasteiger partial charge in [-0.05, 0) is 24.1 Å². The summed E-state index contributed by atoms with van der Waals surface area (Å²) < 4.78 is 4.97. The van der Waals surface area contributed by atoms with Crippen molar-refractivity contribution in [2.45, 2.75) is 11.8 Å². The Kier molecular flexibility index (Phi) is 4.24. The van der Waals surface area contributed by atoms with Gasteiger partial charge in [-0.25, -0.2) is 0 Å². The third-order valence-corrected chi connectivity index (χ3v) is 2.54. The minimum Gasteiger partial charge on any atom is -0.495 e. The molecule has 0 aromatic heterocycles. The van der Waals surface area contributed by atoms with E-state index in [4.69, 9.17) is 33.0 Å². The lowest BCUT2D eigenvalue weighted by Gasteiger charge is -2.07. The highest BCUT2D eigenvalue weighted by Gasteiger charge is 2.14. The lowest BCUT2D eigenvalue weighted by molar-refractivity contribution is -0.136. The average molecular weight is 249 g/mol. The van der Waals surface area contributed by atoms with Crippen molar-refractivity contribution in [2.75, 3.05) is 7.11 Å². The molecule has 1 aromatic carbocycles. The van der Waals surface area contributed by atoms with Crippen molar-refractivity contribution in [2.24, 2.45) is 0 Å². The highest BCUT2D eigenvalue weighted by molar-refractivity contribution is 6.32. The van der Waals surface area contributed by atoms with E-state index >= 15 is 0 Å². The van der Waals surface area contributed by atoms with Gasteiger partial charge in [-0.15, -0.1) is 11.6 Å². The lowest BCUT2D eigenvalue weighted by atomic mass is 10.1. The van der Waals surface area contributed by atoms with Crippen LogP contribution in [0.1, 0.15) is 5.56 Å². The van der Waals surface area contributed by atoms with Gasteiger partial charge in [0.25, 0.3) is 0 Å². The van der Waals surface area contributed by atoms with E-state index in [0.717, 1.165) is 5.56 Å². The number of carbonyl (C=O) groups is 1. The van der Waals surface area contributed by atoms with Gasteiger partial charge in [-0.2, -0.15) is 0 Å². The summed E-state index contributed by atoms with van der Waals surface area (Å²) in [5.41, 5.74) is 0.767. The minimum absolute atomic E-state index is 0.237. The van der Waals surface area contributed by atoms with Crippen LogP contribution in [-0.2, 0) is 11.2 Å². The first kappa shape index (κ1) is 12.1. The van der Waals surface area contributed by atoms with Crippen molar-refractivity contribution in [1.29, 1.82) is 0 Å². The standard InChI is InChI=1S/C10H10Cl2O3/c1-15-9-3-2-6(4-7(9)11)5-8(12)10(13)14/h2-4,8H,5H2,1H3,(H,13,14). The molecule has 0 radical (unpaired) electrons. The fraction of sp³-hybridized carbons (Fsp3) is 0.300. The normalized spacial score (nSPS) is 12.2. The molecule has 1 N–H and O–H groups in total. The van der Waals surface area contributed by atoms with Crippen LogP contribution in [0.3, 0.4) is 0 Å². The van der Waals surface area contributed by atoms with Gasteiger partial charge < -0.3 is 9.84 Å². The zero-order valence-corrected chi connectivity index (χ0v) is 9.55. The molecule has 82 valence electrons. The Morgan fingerprint density at radius 3 is 2.73 bits per heavy atom. The van der Waals surface area contributed by atoms with Crippen LogP contribution in [-0.4, -0.2) is 23.6 Å². The van der Waals surface area contributed by atoms with Crippen molar-refractivity contribution >= 4 is 29.2 Å². The number of hydrogen-bond donors (Lipinski definition) is 1. The Balaban J connectivity index is 2.79. The Bertz CT molecular complexity index is 366. The SMILES string of the molecule is COc1ccc(CC(Cl)C(=O)O)cc1Cl. The van der Waals surface area contributed by atoms with Crippen LogP contribution >= 0.6 is 23.2 Å². The van der Waals surface area contributed by atoms with Gasteiger partial charge in [0.05, 0.1) is 12.1 Å². The summed E-state index contributed by atoms with van der Waals surface area (Å²) in [7, 11) is 1.52. The second kappa shape index (κ2) is 5.24. The van der Waals surface area contributed by atoms with Gasteiger partial charge in [0.1, 0.15) is 11.1 Å². The van der Waals surface area contributed by atoms with E-state index in [1.807, 2.05) is 0 Å². The molecule has 1 atom stereocenters. The van der Waals surface area contributed by atoms with Gasteiger partial charge in [0.15, 0.2) is 0 Å². The zero-order chi connectivity index (χ0) is 11.4. The molecular formula is C10H10Cl2O3. The van der Waals surface area contributed by atoms with Crippen LogP contribution in [0.2, 0.25) is 5.02 Å². The smallest absolute Gasteiger partial charge is 0.321 e. The van der Waals surface area contributed by atoms with Crippen molar-refractivity contribution < 1.29 is 14.6 Å². The summed E-state index contributed by atoms with van der Waals surface area (Å²) in [6, 6.07) is 5.07. The second-order valence-corrected chi connectivity index (χ2v) is 3.91. The maximum absolute atomic E-state index is 10.5. The number of halogens is 2. The molecule has 0 fully saturated rings. The fourth-order valence-corrected chi connectivity index (χ4v) is 1.59. The molecule has 0 saturated carbocycles. The summed E-state index contributed by atoms with van der Waals surface area (Å²) in [6.45, 7) is 0. The molecule has 1 rings (SSSR count). The summed E-state index contributed by atoms with van der Waals surface area (Å²) in [6.07, 6.45) is 0.237. The van der Waals surface area contributed by atoms with Gasteiger partial charge >= 0.3 is 5.97 Å². The van der Waals surface area contributed by atoms with E-state index in [9.17, 15) is 4.79 Å². The number of carboxylic acids is 1. The number of alkyl halides is 1. The first-order valence-corrected chi connectivity index (χ1v) is 5.05. The molecular weight excluding hydrogens is 239 g/mol. The maximum Gasteiger partial charge on any atom is 0.321 e. The zero-order valence-electron chi connectivity index (χ0n) is 8.04. The van der Waals surface area contributed by atoms with E-state index < -0.39 is 11.3 Å². The van der Waals surface area contributed by atoms with Crippen molar-refractivity contribution in [3.05, 3.63) is 28.8 Å². The van der Waals surface area contributed by atoms with Crippen LogP contribution in [0.15, 0.2) is 18.2 Å². The second-order valence-electron chi connectivity index (χ2n) is 2.98. The number of carboxylic acid groups (broad SMARTS) is 1. The molecule has 0 aliphatic carbocycles. The van der Waals surface area contributed by atoms with Crippen LogP contribution in [0, 0.1) is 0 Å². The van der Waals surface area contributed by atoms with E-state index in [0.29, 0.717) is 10.8 Å². The predicted octanol–water partition coefficient (Wildman–Crippen LogP) is 2.58. The molecule has 0 bridgehead atoms. The maximum atomic E-state index is 10.5. The number of hydrogen-bond acceptors (Lipinski definition) is 2. The van der Waals surface area contributed by atoms with Gasteiger partial charge in [0.2, 0.25) is 0 Å². The molecule has 1 aromatic rings. The van der Waals surface area contributed by atoms with Gasteiger partial charge in [-0.3, -0.25) is 4.79 Å². The molecule has 15 heavy (non-hydrogen) atoms. The molecule has 0 aliphatic rings. The Morgan fingerprint density at radius 1 is 1.60 bits per heavy atom. The third-order valence-electron chi connectivity index (χ3n) is 1.90. The Morgan fingerprint density at radius 2 is 2.27 bits per heavy atom. The minimum atomic E-state index is -1.04. The Labute approximate surface area is 97.6 Å². The van der Waals surface area contributed by atoms with Crippen LogP contribution in [0.4, 0.5) is 0 Å². The van der Waals surface area contributed by atoms with E-state index in [1.54, 1.807) is 18.2 Å². The van der Waals surface area contributed by atoms with E-state index in [2.05, 4.69) is 0 Å². The number of rotatable bonds is 4. The number of ether oxygens (including phenoxy) is 1. The van der Waals surface area contributed by atoms with Crippen LogP contribution in [0.5, 0.6) is 5.75 Å². The lowest BCUT2D eigenvalue weighted by Crippen LogP contribution is -2.15. The summed E-state index contributed by atoms with van der Waals surface area (Å²) >= 11 is 11.5. The van der Waals surface area contributed by atoms with Crippen molar-refractivity contribution in [3.8, 4) is 5.75 Å². The number of benzene rings is 1. The summed E-state index contributed by atoms with van der Waals surface area (Å²) in [4.78, 5) is 10.5. The first-order valence-electron chi connectivity index (χ1n) is 4.24. The largest absolute Gasteiger partial charge is 0.495 e. The fourth-order valence-electron chi connectivity index (χ4n) is 1.13. The van der Waals surface area contributed by atoms with Crippen molar-refractivity contribution in [3.63, 3.8) is 0 Å². The molecule has 0 heterocycles. The third kappa shape index (κ3) is 3.29. The molecule has 0 spiro atoms. The number of aliphatic carboxylic acids is 1. The summed E-state index contributed by atoms with van der Waals surface area (Å²) in [5.74, 6) is -0.481. The topological polar surface area (TPSA) is 46.5 Å². The highest BCUT2D eigenvalue weighted by atomic mass is 35.5. The quantitative estimate of drug-likeness (QED) is 0.834. The van der Waals surface area contributed by atoms with E-state index in [-0.39, 0.29) is 6.42 Å². The molecule has 1 unspecified atom stereocenters. The highest BCUT2D eigenvalue weighted by Crippen LogP contribution is 2.25. The van der Waals surface area contributed by atoms with Gasteiger partial charge in [-0.1, -0.05) is 17.7 Å². The monoisotopic (exact) mass is 248 g/mol. The van der Waals surface area contributed by atoms with Crippen LogP contribution in [0.25, 0.3) is 0 Å². The summed E-state index contributed by atoms with van der Waals surface area (Å²) in [5, 5.41) is 8.14. The molecule has 0 aliphatic heterocycles. The molecule has 0 saturated heterocycles. The van der Waals surface area contributed by atoms with E-state index in [1.165, 1.54) is 7.11 Å². The van der Waals surface area contributed by atoms with Crippen molar-refractivity contribution in [1.82, 2.24) is 0 Å². The molecule has 3 nitrogen and oxygen atoms in total. The first-order chi connectivity index (χ1) is 7.04. The Hall–Kier alpha value is -0.930. The molecule has 0 amide bonds.